The molecule has 2 aliphatic rings. The molecule has 0 atom stereocenters. The first-order valence-corrected chi connectivity index (χ1v) is 11.7. The van der Waals surface area contributed by atoms with Crippen molar-refractivity contribution in [3.63, 3.8) is 0 Å². The van der Waals surface area contributed by atoms with Gasteiger partial charge in [-0.15, -0.1) is 0 Å². The first-order valence-electron chi connectivity index (χ1n) is 11.7. The Morgan fingerprint density at radius 1 is 1.00 bits per heavy atom. The van der Waals surface area contributed by atoms with Crippen molar-refractivity contribution in [1.29, 1.82) is 0 Å². The fourth-order valence-corrected chi connectivity index (χ4v) is 5.01. The maximum atomic E-state index is 13.8. The van der Waals surface area contributed by atoms with Gasteiger partial charge in [0.05, 0.1) is 17.1 Å². The Labute approximate surface area is 188 Å². The molecule has 0 saturated heterocycles. The molecule has 5 rings (SSSR count). The molecule has 1 heterocycles. The zero-order valence-electron chi connectivity index (χ0n) is 18.2. The molecule has 0 unspecified atom stereocenters. The third-order valence-corrected chi connectivity index (χ3v) is 6.78. The highest BCUT2D eigenvalue weighted by atomic mass is 19.1. The molecule has 2 aliphatic carbocycles. The van der Waals surface area contributed by atoms with Crippen molar-refractivity contribution < 1.29 is 9.18 Å². The Kier molecular flexibility index (Phi) is 5.97. The number of nitrogens with one attached hydrogen (secondary N) is 1. The van der Waals surface area contributed by atoms with E-state index in [4.69, 9.17) is 9.97 Å². The lowest BCUT2D eigenvalue weighted by molar-refractivity contribution is 0.102. The van der Waals surface area contributed by atoms with Crippen LogP contribution in [0.2, 0.25) is 0 Å². The van der Waals surface area contributed by atoms with Gasteiger partial charge in [0.2, 0.25) is 0 Å². The molecular formula is C27H28FN3O. The number of benzene rings is 2. The van der Waals surface area contributed by atoms with Gasteiger partial charge in [-0.3, -0.25) is 4.79 Å². The molecule has 2 aromatic carbocycles. The Hall–Kier alpha value is -3.08. The molecule has 3 aromatic rings. The van der Waals surface area contributed by atoms with Crippen molar-refractivity contribution in [2.45, 2.75) is 57.8 Å². The van der Waals surface area contributed by atoms with Crippen LogP contribution in [0.15, 0.2) is 48.5 Å². The summed E-state index contributed by atoms with van der Waals surface area (Å²) >= 11 is 0. The fraction of sp³-hybridized carbons (Fsp3) is 0.370. The van der Waals surface area contributed by atoms with E-state index in [9.17, 15) is 9.18 Å². The van der Waals surface area contributed by atoms with E-state index in [1.807, 2.05) is 24.3 Å². The number of fused-ring (bicyclic) bond motifs is 3. The first-order chi connectivity index (χ1) is 15.7. The van der Waals surface area contributed by atoms with Gasteiger partial charge in [-0.25, -0.2) is 14.4 Å². The first kappa shape index (κ1) is 20.8. The lowest BCUT2D eigenvalue weighted by atomic mass is 9.85. The van der Waals surface area contributed by atoms with Crippen LogP contribution in [-0.2, 0) is 19.3 Å². The van der Waals surface area contributed by atoms with E-state index in [2.05, 4.69) is 5.32 Å². The molecule has 0 radical (unpaired) electrons. The van der Waals surface area contributed by atoms with Crippen molar-refractivity contribution in [3.8, 4) is 11.3 Å². The van der Waals surface area contributed by atoms with E-state index < -0.39 is 0 Å². The number of hydrogen-bond donors (Lipinski definition) is 1. The molecule has 32 heavy (non-hydrogen) atoms. The minimum atomic E-state index is -0.218. The monoisotopic (exact) mass is 429 g/mol. The average Bonchev–Trinajstić information content (AvgIpc) is 2.83. The third-order valence-electron chi connectivity index (χ3n) is 6.78. The fourth-order valence-electron chi connectivity index (χ4n) is 5.01. The van der Waals surface area contributed by atoms with Crippen molar-refractivity contribution in [2.24, 2.45) is 5.92 Å². The van der Waals surface area contributed by atoms with Crippen LogP contribution in [0.5, 0.6) is 0 Å². The standard InChI is InChI=1S/C27H28FN3O/c28-21-13-14-22-20(17-21)12-16-23-25(22)29-24(15-11-18-7-3-1-4-8-18)26(30-23)31-27(32)19-9-5-2-6-10-19/h2,5-6,9-10,13-14,17-18H,1,3-4,7-8,11-12,15-16H2,(H,30,31,32). The van der Waals surface area contributed by atoms with Gasteiger partial charge in [-0.2, -0.15) is 0 Å². The topological polar surface area (TPSA) is 54.9 Å². The Balaban J connectivity index is 1.48. The number of anilines is 1. The van der Waals surface area contributed by atoms with Crippen molar-refractivity contribution in [2.75, 3.05) is 5.32 Å². The highest BCUT2D eigenvalue weighted by Crippen LogP contribution is 2.34. The van der Waals surface area contributed by atoms with Gasteiger partial charge in [-0.05, 0) is 67.5 Å². The van der Waals surface area contributed by atoms with E-state index in [1.165, 1.54) is 38.2 Å². The highest BCUT2D eigenvalue weighted by Gasteiger charge is 2.24. The van der Waals surface area contributed by atoms with Crippen LogP contribution in [0.4, 0.5) is 10.2 Å². The van der Waals surface area contributed by atoms with Crippen LogP contribution in [0, 0.1) is 11.7 Å². The summed E-state index contributed by atoms with van der Waals surface area (Å²) in [4.78, 5) is 22.7. The number of aryl methyl sites for hydroxylation is 3. The molecule has 1 amide bonds. The summed E-state index contributed by atoms with van der Waals surface area (Å²) in [6.45, 7) is 0. The lowest BCUT2D eigenvalue weighted by Gasteiger charge is -2.23. The molecule has 1 N–H and O–H groups in total. The largest absolute Gasteiger partial charge is 0.305 e. The number of aromatic nitrogens is 2. The molecule has 0 bridgehead atoms. The maximum Gasteiger partial charge on any atom is 0.256 e. The van der Waals surface area contributed by atoms with Crippen molar-refractivity contribution in [1.82, 2.24) is 9.97 Å². The molecule has 5 heteroatoms. The SMILES string of the molecule is O=C(Nc1nc2c(nc1CCC1CCCCC1)-c1ccc(F)cc1CC2)c1ccccc1. The Morgan fingerprint density at radius 2 is 1.81 bits per heavy atom. The highest BCUT2D eigenvalue weighted by molar-refractivity contribution is 6.04. The number of nitrogens with zero attached hydrogens (tertiary/aromatic N) is 2. The Morgan fingerprint density at radius 3 is 2.62 bits per heavy atom. The second-order valence-corrected chi connectivity index (χ2v) is 8.98. The van der Waals surface area contributed by atoms with E-state index in [0.717, 1.165) is 47.5 Å². The van der Waals surface area contributed by atoms with Gasteiger partial charge >= 0.3 is 0 Å². The number of hydrogen-bond acceptors (Lipinski definition) is 3. The van der Waals surface area contributed by atoms with Crippen LogP contribution < -0.4 is 5.32 Å². The quantitative estimate of drug-likeness (QED) is 0.529. The second-order valence-electron chi connectivity index (χ2n) is 8.98. The smallest absolute Gasteiger partial charge is 0.256 e. The normalized spacial score (nSPS) is 15.7. The molecule has 0 aliphatic heterocycles. The summed E-state index contributed by atoms with van der Waals surface area (Å²) in [7, 11) is 0. The zero-order valence-corrected chi connectivity index (χ0v) is 18.2. The Bertz CT molecular complexity index is 1120. The zero-order chi connectivity index (χ0) is 21.9. The minimum absolute atomic E-state index is 0.169. The van der Waals surface area contributed by atoms with Gasteiger partial charge in [0.15, 0.2) is 5.82 Å². The van der Waals surface area contributed by atoms with E-state index >= 15 is 0 Å². The summed E-state index contributed by atoms with van der Waals surface area (Å²) in [5.41, 5.74) is 5.07. The number of halogens is 1. The van der Waals surface area contributed by atoms with Gasteiger partial charge < -0.3 is 5.32 Å². The summed E-state index contributed by atoms with van der Waals surface area (Å²) in [6.07, 6.45) is 9.73. The van der Waals surface area contributed by atoms with Crippen LogP contribution in [0.25, 0.3) is 11.3 Å². The van der Waals surface area contributed by atoms with Crippen molar-refractivity contribution in [3.05, 3.63) is 76.9 Å². The molecule has 1 fully saturated rings. The summed E-state index contributed by atoms with van der Waals surface area (Å²) in [5.74, 6) is 0.890. The minimum Gasteiger partial charge on any atom is -0.305 e. The predicted molar refractivity (Wildman–Crippen MR) is 124 cm³/mol. The van der Waals surface area contributed by atoms with Gasteiger partial charge in [-0.1, -0.05) is 50.3 Å². The molecule has 164 valence electrons. The van der Waals surface area contributed by atoms with Gasteiger partial charge in [0.1, 0.15) is 5.82 Å². The number of amides is 1. The molecule has 1 saturated carbocycles. The lowest BCUT2D eigenvalue weighted by Crippen LogP contribution is -2.19. The molecule has 0 spiro atoms. The summed E-state index contributed by atoms with van der Waals surface area (Å²) in [5, 5.41) is 3.03. The van der Waals surface area contributed by atoms with Gasteiger partial charge in [0, 0.05) is 11.1 Å². The summed E-state index contributed by atoms with van der Waals surface area (Å²) in [6, 6.07) is 14.1. The summed E-state index contributed by atoms with van der Waals surface area (Å²) < 4.78 is 13.8. The van der Waals surface area contributed by atoms with Crippen LogP contribution >= 0.6 is 0 Å². The molecule has 1 aromatic heterocycles. The number of rotatable bonds is 5. The second kappa shape index (κ2) is 9.19. The van der Waals surface area contributed by atoms with E-state index in [-0.39, 0.29) is 11.7 Å². The van der Waals surface area contributed by atoms with E-state index in [1.54, 1.807) is 18.2 Å². The third kappa shape index (κ3) is 4.43. The molecular weight excluding hydrogens is 401 g/mol. The maximum absolute atomic E-state index is 13.8. The van der Waals surface area contributed by atoms with E-state index in [0.29, 0.717) is 23.7 Å². The number of carbonyl (C=O) groups is 1. The van der Waals surface area contributed by atoms with Gasteiger partial charge in [0.25, 0.3) is 5.91 Å². The van der Waals surface area contributed by atoms with Crippen LogP contribution in [-0.4, -0.2) is 15.9 Å². The predicted octanol–water partition coefficient (Wildman–Crippen LogP) is 6.15. The molecule has 4 nitrogen and oxygen atoms in total. The number of carbonyl (C=O) groups excluding carboxylic acids is 1. The van der Waals surface area contributed by atoms with Crippen molar-refractivity contribution >= 4 is 11.7 Å². The average molecular weight is 430 g/mol. The van der Waals surface area contributed by atoms with Crippen LogP contribution in [0.3, 0.4) is 0 Å². The van der Waals surface area contributed by atoms with Crippen LogP contribution in [0.1, 0.15) is 65.8 Å².